The van der Waals surface area contributed by atoms with Gasteiger partial charge in [-0.05, 0) is 24.3 Å². The first-order valence-corrected chi connectivity index (χ1v) is 11.0. The standard InChI is InChI=1S/C24H25N5O4/c1-33-24(32)27-10-7-17(8-11-27)29-21-6-9-25-13-22(21)28(23(29)31)14-20-19(15-30)18-5-3-2-4-16(18)12-26-20/h2-6,9,12-13,17,30H,7-8,10-11,14-15H2,1H3. The Morgan fingerprint density at radius 2 is 1.94 bits per heavy atom. The third kappa shape index (κ3) is 3.64. The van der Waals surface area contributed by atoms with Gasteiger partial charge in [0.25, 0.3) is 0 Å². The predicted octanol–water partition coefficient (Wildman–Crippen LogP) is 2.69. The Labute approximate surface area is 189 Å². The molecule has 170 valence electrons. The highest BCUT2D eigenvalue weighted by Crippen LogP contribution is 2.27. The number of hydrogen-bond acceptors (Lipinski definition) is 6. The molecule has 1 aromatic carbocycles. The number of rotatable bonds is 4. The number of likely N-dealkylation sites (tertiary alicyclic amines) is 1. The predicted molar refractivity (Wildman–Crippen MR) is 123 cm³/mol. The fraction of sp³-hybridized carbons (Fsp3) is 0.333. The molecule has 0 radical (unpaired) electrons. The first kappa shape index (κ1) is 21.1. The summed E-state index contributed by atoms with van der Waals surface area (Å²) in [4.78, 5) is 36.0. The van der Waals surface area contributed by atoms with Gasteiger partial charge in [-0.2, -0.15) is 0 Å². The summed E-state index contributed by atoms with van der Waals surface area (Å²) >= 11 is 0. The highest BCUT2D eigenvalue weighted by molar-refractivity contribution is 5.85. The maximum absolute atomic E-state index is 13.6. The van der Waals surface area contributed by atoms with Gasteiger partial charge in [0.05, 0.1) is 43.2 Å². The summed E-state index contributed by atoms with van der Waals surface area (Å²) in [6.45, 7) is 1.13. The van der Waals surface area contributed by atoms with Crippen molar-refractivity contribution < 1.29 is 14.6 Å². The van der Waals surface area contributed by atoms with Crippen molar-refractivity contribution in [3.63, 3.8) is 0 Å². The molecule has 0 aliphatic carbocycles. The minimum atomic E-state index is -0.341. The van der Waals surface area contributed by atoms with Crippen molar-refractivity contribution >= 4 is 27.9 Å². The number of ether oxygens (including phenoxy) is 1. The number of nitrogens with zero attached hydrogens (tertiary/aromatic N) is 5. The fourth-order valence-electron chi connectivity index (χ4n) is 4.80. The van der Waals surface area contributed by atoms with Crippen LogP contribution < -0.4 is 5.69 Å². The van der Waals surface area contributed by atoms with Gasteiger partial charge >= 0.3 is 11.8 Å². The lowest BCUT2D eigenvalue weighted by Gasteiger charge is -2.31. The highest BCUT2D eigenvalue weighted by atomic mass is 16.5. The van der Waals surface area contributed by atoms with Gasteiger partial charge in [0.1, 0.15) is 0 Å². The lowest BCUT2D eigenvalue weighted by molar-refractivity contribution is 0.107. The maximum atomic E-state index is 13.6. The van der Waals surface area contributed by atoms with E-state index in [9.17, 15) is 14.7 Å². The van der Waals surface area contributed by atoms with Gasteiger partial charge in [0.2, 0.25) is 0 Å². The van der Waals surface area contributed by atoms with E-state index >= 15 is 0 Å². The van der Waals surface area contributed by atoms with Gasteiger partial charge in [-0.15, -0.1) is 0 Å². The molecule has 0 bridgehead atoms. The van der Waals surface area contributed by atoms with Crippen LogP contribution in [0.2, 0.25) is 0 Å². The lowest BCUT2D eigenvalue weighted by Crippen LogP contribution is -2.41. The summed E-state index contributed by atoms with van der Waals surface area (Å²) in [6.07, 6.45) is 6.12. The largest absolute Gasteiger partial charge is 0.453 e. The van der Waals surface area contributed by atoms with E-state index in [2.05, 4.69) is 9.97 Å². The number of hydrogen-bond donors (Lipinski definition) is 1. The highest BCUT2D eigenvalue weighted by Gasteiger charge is 2.28. The van der Waals surface area contributed by atoms with Crippen molar-refractivity contribution in [1.29, 1.82) is 0 Å². The summed E-state index contributed by atoms with van der Waals surface area (Å²) in [7, 11) is 1.38. The van der Waals surface area contributed by atoms with E-state index in [-0.39, 0.29) is 31.0 Å². The number of amides is 1. The van der Waals surface area contributed by atoms with Crippen LogP contribution >= 0.6 is 0 Å². The summed E-state index contributed by atoms with van der Waals surface area (Å²) < 4.78 is 8.31. The molecule has 0 unspecified atom stereocenters. The summed E-state index contributed by atoms with van der Waals surface area (Å²) in [5.74, 6) is 0. The van der Waals surface area contributed by atoms with Gasteiger partial charge in [-0.3, -0.25) is 19.1 Å². The first-order valence-electron chi connectivity index (χ1n) is 11.0. The number of imidazole rings is 1. The van der Waals surface area contributed by atoms with E-state index < -0.39 is 0 Å². The Morgan fingerprint density at radius 1 is 1.15 bits per heavy atom. The van der Waals surface area contributed by atoms with E-state index in [1.807, 2.05) is 34.9 Å². The molecule has 9 nitrogen and oxygen atoms in total. The molecule has 33 heavy (non-hydrogen) atoms. The second kappa shape index (κ2) is 8.67. The molecule has 0 spiro atoms. The van der Waals surface area contributed by atoms with Crippen LogP contribution in [0.3, 0.4) is 0 Å². The molecular formula is C24H25N5O4. The van der Waals surface area contributed by atoms with Crippen molar-refractivity contribution in [3.8, 4) is 0 Å². The van der Waals surface area contributed by atoms with Gasteiger partial charge < -0.3 is 14.7 Å². The topological polar surface area (TPSA) is 102 Å². The first-order chi connectivity index (χ1) is 16.1. The van der Waals surface area contributed by atoms with E-state index in [4.69, 9.17) is 4.74 Å². The van der Waals surface area contributed by atoms with Crippen LogP contribution in [0.4, 0.5) is 4.79 Å². The van der Waals surface area contributed by atoms with Crippen molar-refractivity contribution in [1.82, 2.24) is 24.0 Å². The van der Waals surface area contributed by atoms with E-state index in [0.29, 0.717) is 31.6 Å². The van der Waals surface area contributed by atoms with Crippen molar-refractivity contribution in [2.24, 2.45) is 0 Å². The Balaban J connectivity index is 1.55. The molecule has 5 rings (SSSR count). The number of aliphatic hydroxyl groups is 1. The Morgan fingerprint density at radius 3 is 2.70 bits per heavy atom. The zero-order valence-corrected chi connectivity index (χ0v) is 18.3. The number of pyridine rings is 2. The Kier molecular flexibility index (Phi) is 5.55. The minimum Gasteiger partial charge on any atom is -0.453 e. The molecular weight excluding hydrogens is 422 g/mol. The molecule has 1 aliphatic heterocycles. The van der Waals surface area contributed by atoms with E-state index in [1.165, 1.54) is 7.11 Å². The zero-order valence-electron chi connectivity index (χ0n) is 18.3. The molecule has 3 aromatic heterocycles. The molecule has 1 fully saturated rings. The van der Waals surface area contributed by atoms with Crippen LogP contribution in [0.25, 0.3) is 21.8 Å². The molecule has 1 amide bonds. The number of aliphatic hydroxyl groups excluding tert-OH is 1. The summed E-state index contributed by atoms with van der Waals surface area (Å²) in [5.41, 5.74) is 2.75. The average Bonchev–Trinajstić information content (AvgIpc) is 3.14. The number of piperidine rings is 1. The van der Waals surface area contributed by atoms with Crippen LogP contribution in [0, 0.1) is 0 Å². The normalized spacial score (nSPS) is 14.8. The van der Waals surface area contributed by atoms with Crippen molar-refractivity contribution in [2.75, 3.05) is 20.2 Å². The molecule has 4 heterocycles. The zero-order chi connectivity index (χ0) is 22.9. The molecule has 0 atom stereocenters. The lowest BCUT2D eigenvalue weighted by atomic mass is 10.0. The van der Waals surface area contributed by atoms with Crippen LogP contribution in [0.5, 0.6) is 0 Å². The number of methoxy groups -OCH3 is 1. The molecule has 9 heteroatoms. The second-order valence-electron chi connectivity index (χ2n) is 8.22. The van der Waals surface area contributed by atoms with Crippen LogP contribution in [0.1, 0.15) is 30.1 Å². The van der Waals surface area contributed by atoms with Crippen LogP contribution in [-0.2, 0) is 17.9 Å². The molecule has 4 aromatic rings. The smallest absolute Gasteiger partial charge is 0.409 e. The number of aromatic nitrogens is 4. The molecule has 1 saturated heterocycles. The molecule has 1 N–H and O–H groups in total. The summed E-state index contributed by atoms with van der Waals surface area (Å²) in [6, 6.07) is 9.57. The number of fused-ring (bicyclic) bond motifs is 2. The third-order valence-corrected chi connectivity index (χ3v) is 6.49. The number of carbonyl (C=O) groups excluding carboxylic acids is 1. The van der Waals surface area contributed by atoms with Crippen LogP contribution in [0.15, 0.2) is 53.7 Å². The second-order valence-corrected chi connectivity index (χ2v) is 8.22. The number of carbonyl (C=O) groups is 1. The Hall–Kier alpha value is -3.72. The van der Waals surface area contributed by atoms with Gasteiger partial charge in [0.15, 0.2) is 0 Å². The van der Waals surface area contributed by atoms with Gasteiger partial charge in [-0.25, -0.2) is 9.59 Å². The van der Waals surface area contributed by atoms with E-state index in [1.54, 1.807) is 28.1 Å². The van der Waals surface area contributed by atoms with Crippen molar-refractivity contribution in [2.45, 2.75) is 32.0 Å². The van der Waals surface area contributed by atoms with Gasteiger partial charge in [-0.1, -0.05) is 24.3 Å². The number of benzene rings is 1. The molecule has 1 aliphatic rings. The Bertz CT molecular complexity index is 1380. The van der Waals surface area contributed by atoms with E-state index in [0.717, 1.165) is 27.4 Å². The van der Waals surface area contributed by atoms with Crippen LogP contribution in [-0.4, -0.2) is 55.4 Å². The monoisotopic (exact) mass is 447 g/mol. The maximum Gasteiger partial charge on any atom is 0.409 e. The van der Waals surface area contributed by atoms with Gasteiger partial charge in [0, 0.05) is 42.5 Å². The SMILES string of the molecule is COC(=O)N1CCC(n2c(=O)n(Cc3ncc4ccccc4c3CO)c3cnccc32)CC1. The molecule has 0 saturated carbocycles. The average molecular weight is 447 g/mol. The van der Waals surface area contributed by atoms with Crippen molar-refractivity contribution in [3.05, 3.63) is 70.7 Å². The minimum absolute atomic E-state index is 0.0357. The third-order valence-electron chi connectivity index (χ3n) is 6.49. The fourth-order valence-corrected chi connectivity index (χ4v) is 4.80. The quantitative estimate of drug-likeness (QED) is 0.516. The summed E-state index contributed by atoms with van der Waals surface area (Å²) in [5, 5.41) is 12.0.